The molecule has 0 aliphatic heterocycles. The van der Waals surface area contributed by atoms with E-state index in [0.717, 1.165) is 35.8 Å². The molecule has 0 radical (unpaired) electrons. The molecule has 4 fully saturated rings. The Morgan fingerprint density at radius 3 is 2.43 bits per heavy atom. The minimum atomic E-state index is 0.208. The predicted molar refractivity (Wildman–Crippen MR) is 82.5 cm³/mol. The topological polar surface area (TPSA) is 35.0 Å². The van der Waals surface area contributed by atoms with Crippen molar-refractivity contribution in [2.24, 2.45) is 29.6 Å². The molecule has 0 spiro atoms. The zero-order chi connectivity index (χ0) is 14.4. The number of aromatic nitrogens is 2. The van der Waals surface area contributed by atoms with E-state index < -0.39 is 0 Å². The maximum absolute atomic E-state index is 6.85. The van der Waals surface area contributed by atoms with Crippen molar-refractivity contribution in [3.63, 3.8) is 0 Å². The third-order valence-corrected chi connectivity index (χ3v) is 6.47. The highest BCUT2D eigenvalue weighted by molar-refractivity contribution is 6.21. The van der Waals surface area contributed by atoms with Crippen molar-refractivity contribution < 1.29 is 4.74 Å². The number of hydrogen-bond acceptors (Lipinski definition) is 3. The van der Waals surface area contributed by atoms with Gasteiger partial charge in [-0.2, -0.15) is 0 Å². The third-order valence-electron chi connectivity index (χ3n) is 6.03. The van der Waals surface area contributed by atoms with Crippen LogP contribution in [0, 0.1) is 29.6 Å². The molecule has 1 heterocycles. The molecule has 3 nitrogen and oxygen atoms in total. The fourth-order valence-corrected chi connectivity index (χ4v) is 6.06. The Balaban J connectivity index is 1.48. The monoisotopic (exact) mass is 306 g/mol. The first kappa shape index (κ1) is 13.8. The van der Waals surface area contributed by atoms with Crippen LogP contribution in [0.1, 0.15) is 37.8 Å². The van der Waals surface area contributed by atoms with E-state index in [1.807, 2.05) is 6.07 Å². The quantitative estimate of drug-likeness (QED) is 0.795. The van der Waals surface area contributed by atoms with Crippen LogP contribution in [0.15, 0.2) is 12.4 Å². The molecule has 1 aromatic rings. The van der Waals surface area contributed by atoms with Crippen LogP contribution in [0.3, 0.4) is 0 Å². The second kappa shape index (κ2) is 5.42. The lowest BCUT2D eigenvalue weighted by Gasteiger charge is -2.55. The molecule has 4 saturated carbocycles. The summed E-state index contributed by atoms with van der Waals surface area (Å²) in [5, 5.41) is 0.208. The van der Waals surface area contributed by atoms with E-state index in [4.69, 9.17) is 16.3 Å². The molecule has 0 aromatic carbocycles. The van der Waals surface area contributed by atoms with Gasteiger partial charge in [0.15, 0.2) is 0 Å². The molecule has 0 amide bonds. The van der Waals surface area contributed by atoms with Gasteiger partial charge < -0.3 is 4.74 Å². The molecular weight excluding hydrogens is 284 g/mol. The molecule has 4 bridgehead atoms. The lowest BCUT2D eigenvalue weighted by molar-refractivity contribution is -0.0377. The molecule has 21 heavy (non-hydrogen) atoms. The van der Waals surface area contributed by atoms with Gasteiger partial charge in [-0.25, -0.2) is 9.97 Å². The molecule has 4 aliphatic rings. The van der Waals surface area contributed by atoms with Gasteiger partial charge in [0.05, 0.1) is 7.11 Å². The second-order valence-electron chi connectivity index (χ2n) is 7.28. The molecule has 4 heteroatoms. The molecular formula is C17H23ClN2O. The number of nitrogens with zero attached hydrogens (tertiary/aromatic N) is 2. The highest BCUT2D eigenvalue weighted by Crippen LogP contribution is 2.58. The van der Waals surface area contributed by atoms with Crippen LogP contribution in [-0.4, -0.2) is 22.5 Å². The van der Waals surface area contributed by atoms with E-state index >= 15 is 0 Å². The summed E-state index contributed by atoms with van der Waals surface area (Å²) in [5.41, 5.74) is 1.01. The number of rotatable bonds is 4. The van der Waals surface area contributed by atoms with Crippen molar-refractivity contribution in [1.82, 2.24) is 9.97 Å². The molecule has 1 unspecified atom stereocenters. The first-order chi connectivity index (χ1) is 10.2. The Kier molecular flexibility index (Phi) is 3.56. The van der Waals surface area contributed by atoms with Crippen LogP contribution < -0.4 is 4.74 Å². The van der Waals surface area contributed by atoms with Crippen LogP contribution >= 0.6 is 11.6 Å². The highest BCUT2D eigenvalue weighted by atomic mass is 35.5. The van der Waals surface area contributed by atoms with Crippen molar-refractivity contribution in [2.45, 2.75) is 43.9 Å². The third kappa shape index (κ3) is 2.54. The SMILES string of the molecule is COc1cc(CC(Cl)C2C3CC4CC(C3)CC2C4)ncn1. The summed E-state index contributed by atoms with van der Waals surface area (Å²) in [6, 6.07) is 1.92. The van der Waals surface area contributed by atoms with Gasteiger partial charge in [-0.15, -0.1) is 11.6 Å². The lowest BCUT2D eigenvalue weighted by Crippen LogP contribution is -2.48. The smallest absolute Gasteiger partial charge is 0.216 e. The maximum atomic E-state index is 6.85. The normalized spacial score (nSPS) is 38.5. The minimum Gasteiger partial charge on any atom is -0.481 e. The summed E-state index contributed by atoms with van der Waals surface area (Å²) in [7, 11) is 1.64. The van der Waals surface area contributed by atoms with Gasteiger partial charge in [-0.1, -0.05) is 0 Å². The largest absolute Gasteiger partial charge is 0.481 e. The summed E-state index contributed by atoms with van der Waals surface area (Å²) >= 11 is 6.85. The number of methoxy groups -OCH3 is 1. The Hall–Kier alpha value is -0.830. The molecule has 5 rings (SSSR count). The Morgan fingerprint density at radius 1 is 1.14 bits per heavy atom. The zero-order valence-corrected chi connectivity index (χ0v) is 13.3. The van der Waals surface area contributed by atoms with Gasteiger partial charge >= 0.3 is 0 Å². The number of hydrogen-bond donors (Lipinski definition) is 0. The van der Waals surface area contributed by atoms with Crippen LogP contribution in [0.4, 0.5) is 0 Å². The van der Waals surface area contributed by atoms with E-state index in [-0.39, 0.29) is 5.38 Å². The van der Waals surface area contributed by atoms with E-state index in [1.165, 1.54) is 32.1 Å². The predicted octanol–water partition coefficient (Wildman–Crippen LogP) is 3.71. The molecule has 4 aliphatic carbocycles. The summed E-state index contributed by atoms with van der Waals surface area (Å²) in [4.78, 5) is 8.44. The average molecular weight is 307 g/mol. The first-order valence-corrected chi connectivity index (χ1v) is 8.65. The molecule has 0 saturated heterocycles. The maximum Gasteiger partial charge on any atom is 0.216 e. The first-order valence-electron chi connectivity index (χ1n) is 8.22. The summed E-state index contributed by atoms with van der Waals surface area (Å²) in [6.07, 6.45) is 9.61. The lowest BCUT2D eigenvalue weighted by atomic mass is 9.51. The summed E-state index contributed by atoms with van der Waals surface area (Å²) in [5.74, 6) is 5.08. The van der Waals surface area contributed by atoms with Gasteiger partial charge in [0, 0.05) is 23.6 Å². The minimum absolute atomic E-state index is 0.208. The Labute approximate surface area is 131 Å². The van der Waals surface area contributed by atoms with Gasteiger partial charge in [0.1, 0.15) is 6.33 Å². The number of ether oxygens (including phenoxy) is 1. The van der Waals surface area contributed by atoms with Crippen molar-refractivity contribution in [2.75, 3.05) is 7.11 Å². The molecule has 1 aromatic heterocycles. The molecule has 0 N–H and O–H groups in total. The average Bonchev–Trinajstić information content (AvgIpc) is 2.46. The van der Waals surface area contributed by atoms with Crippen LogP contribution in [0.25, 0.3) is 0 Å². The zero-order valence-electron chi connectivity index (χ0n) is 12.5. The van der Waals surface area contributed by atoms with E-state index in [9.17, 15) is 0 Å². The Morgan fingerprint density at radius 2 is 1.81 bits per heavy atom. The van der Waals surface area contributed by atoms with Gasteiger partial charge in [0.25, 0.3) is 0 Å². The van der Waals surface area contributed by atoms with Crippen LogP contribution in [-0.2, 0) is 6.42 Å². The van der Waals surface area contributed by atoms with Crippen LogP contribution in [0.5, 0.6) is 5.88 Å². The van der Waals surface area contributed by atoms with Gasteiger partial charge in [-0.05, 0) is 61.7 Å². The van der Waals surface area contributed by atoms with Crippen LogP contribution in [0.2, 0.25) is 0 Å². The Bertz CT molecular complexity index is 493. The van der Waals surface area contributed by atoms with E-state index in [2.05, 4.69) is 9.97 Å². The standard InChI is InChI=1S/C17H23ClN2O/c1-21-16-8-14(19-9-20-16)7-15(18)17-12-3-10-2-11(5-12)6-13(17)4-10/h8-13,15,17H,2-7H2,1H3. The van der Waals surface area contributed by atoms with E-state index in [1.54, 1.807) is 13.4 Å². The van der Waals surface area contributed by atoms with Crippen molar-refractivity contribution in [3.05, 3.63) is 18.1 Å². The highest BCUT2D eigenvalue weighted by Gasteiger charge is 2.50. The number of alkyl halides is 1. The molecule has 114 valence electrons. The van der Waals surface area contributed by atoms with Gasteiger partial charge in [-0.3, -0.25) is 0 Å². The fraction of sp³-hybridized carbons (Fsp3) is 0.765. The van der Waals surface area contributed by atoms with Crippen molar-refractivity contribution in [3.8, 4) is 5.88 Å². The van der Waals surface area contributed by atoms with Crippen molar-refractivity contribution in [1.29, 1.82) is 0 Å². The van der Waals surface area contributed by atoms with Crippen molar-refractivity contribution >= 4 is 11.6 Å². The van der Waals surface area contributed by atoms with E-state index in [0.29, 0.717) is 11.8 Å². The molecule has 1 atom stereocenters. The number of halogens is 1. The summed E-state index contributed by atoms with van der Waals surface area (Å²) in [6.45, 7) is 0. The second-order valence-corrected chi connectivity index (χ2v) is 7.84. The summed E-state index contributed by atoms with van der Waals surface area (Å²) < 4.78 is 5.18. The van der Waals surface area contributed by atoms with Gasteiger partial charge in [0.2, 0.25) is 5.88 Å². The fourth-order valence-electron chi connectivity index (χ4n) is 5.49.